The minimum absolute atomic E-state index is 0.103. The third kappa shape index (κ3) is 1.73. The summed E-state index contributed by atoms with van der Waals surface area (Å²) in [4.78, 5) is 12.4. The van der Waals surface area contributed by atoms with Crippen LogP contribution < -0.4 is 0 Å². The molecule has 5 nitrogen and oxygen atoms in total. The molecule has 0 aromatic heterocycles. The third-order valence-corrected chi connectivity index (χ3v) is 4.81. The first-order chi connectivity index (χ1) is 9.09. The fraction of sp³-hybridized carbons (Fsp3) is 0.800. The molecule has 5 heteroatoms. The number of rotatable bonds is 0. The van der Waals surface area contributed by atoms with Gasteiger partial charge in [0.05, 0.1) is 11.2 Å². The first kappa shape index (κ1) is 14.2. The van der Waals surface area contributed by atoms with E-state index in [-0.39, 0.29) is 12.2 Å². The second-order valence-electron chi connectivity index (χ2n) is 7.07. The zero-order chi connectivity index (χ0) is 14.9. The Balaban J connectivity index is 2.01. The summed E-state index contributed by atoms with van der Waals surface area (Å²) in [7, 11) is 0. The second-order valence-corrected chi connectivity index (χ2v) is 7.07. The van der Waals surface area contributed by atoms with Crippen molar-refractivity contribution >= 4 is 5.78 Å². The van der Waals surface area contributed by atoms with Crippen LogP contribution in [-0.4, -0.2) is 45.2 Å². The highest BCUT2D eigenvalue weighted by Gasteiger charge is 2.62. The predicted molar refractivity (Wildman–Crippen MR) is 71.0 cm³/mol. The number of ketones is 1. The molecule has 2 aliphatic heterocycles. The molecule has 20 heavy (non-hydrogen) atoms. The highest BCUT2D eigenvalue weighted by Crippen LogP contribution is 2.51. The van der Waals surface area contributed by atoms with Crippen LogP contribution in [0.15, 0.2) is 11.1 Å². The van der Waals surface area contributed by atoms with Gasteiger partial charge in [0, 0.05) is 6.42 Å². The van der Waals surface area contributed by atoms with Crippen LogP contribution in [0.3, 0.4) is 0 Å². The van der Waals surface area contributed by atoms with Gasteiger partial charge in [-0.15, -0.1) is 0 Å². The van der Waals surface area contributed by atoms with Gasteiger partial charge >= 0.3 is 0 Å². The van der Waals surface area contributed by atoms with Crippen LogP contribution in [0, 0.1) is 0 Å². The Labute approximate surface area is 118 Å². The quantitative estimate of drug-likeness (QED) is 0.650. The number of carbonyl (C=O) groups excluding carboxylic acids is 1. The molecule has 1 aliphatic carbocycles. The number of Topliss-reactive ketones (excluding diaryl/α,β-unsaturated/α-hetero) is 1. The molecular weight excluding hydrogens is 260 g/mol. The van der Waals surface area contributed by atoms with Crippen molar-refractivity contribution in [1.82, 2.24) is 0 Å². The fourth-order valence-corrected chi connectivity index (χ4v) is 3.57. The molecule has 112 valence electrons. The van der Waals surface area contributed by atoms with Crippen LogP contribution in [0.4, 0.5) is 0 Å². The van der Waals surface area contributed by atoms with E-state index < -0.39 is 29.2 Å². The Hall–Kier alpha value is -0.750. The van der Waals surface area contributed by atoms with Gasteiger partial charge in [0.25, 0.3) is 5.79 Å². The molecular formula is C15H22O5. The predicted octanol–water partition coefficient (Wildman–Crippen LogP) is 1.07. The summed E-state index contributed by atoms with van der Waals surface area (Å²) in [6, 6.07) is 0. The smallest absolute Gasteiger partial charge is 0.253 e. The molecule has 0 aromatic rings. The van der Waals surface area contributed by atoms with E-state index in [2.05, 4.69) is 0 Å². The lowest BCUT2D eigenvalue weighted by molar-refractivity contribution is -0.243. The Kier molecular flexibility index (Phi) is 2.78. The van der Waals surface area contributed by atoms with Crippen molar-refractivity contribution in [3.63, 3.8) is 0 Å². The Bertz CT molecular complexity index is 504. The van der Waals surface area contributed by atoms with Gasteiger partial charge in [0.1, 0.15) is 12.2 Å². The van der Waals surface area contributed by atoms with E-state index in [1.807, 2.05) is 20.8 Å². The molecule has 0 bridgehead atoms. The van der Waals surface area contributed by atoms with Crippen LogP contribution in [0.5, 0.6) is 0 Å². The average Bonchev–Trinajstić information content (AvgIpc) is 2.71. The summed E-state index contributed by atoms with van der Waals surface area (Å²) < 4.78 is 11.8. The number of hydrogen-bond donors (Lipinski definition) is 2. The molecule has 0 aromatic carbocycles. The van der Waals surface area contributed by atoms with Gasteiger partial charge in [0.15, 0.2) is 5.78 Å². The normalized spacial score (nSPS) is 47.2. The summed E-state index contributed by atoms with van der Waals surface area (Å²) in [5, 5.41) is 20.5. The highest BCUT2D eigenvalue weighted by atomic mass is 16.7. The molecule has 0 radical (unpaired) electrons. The van der Waals surface area contributed by atoms with E-state index in [4.69, 9.17) is 9.47 Å². The number of hydrogen-bond acceptors (Lipinski definition) is 5. The molecule has 4 atom stereocenters. The highest BCUT2D eigenvalue weighted by molar-refractivity contribution is 5.92. The Morgan fingerprint density at radius 3 is 2.50 bits per heavy atom. The molecule has 3 rings (SSSR count). The zero-order valence-corrected chi connectivity index (χ0v) is 12.4. The molecule has 2 heterocycles. The largest absolute Gasteiger partial charge is 0.387 e. The summed E-state index contributed by atoms with van der Waals surface area (Å²) in [6.45, 7) is 7.14. The van der Waals surface area contributed by atoms with E-state index >= 15 is 0 Å². The van der Waals surface area contributed by atoms with Gasteiger partial charge < -0.3 is 19.7 Å². The molecule has 0 unspecified atom stereocenters. The number of ether oxygens (including phenoxy) is 2. The van der Waals surface area contributed by atoms with E-state index in [9.17, 15) is 15.0 Å². The van der Waals surface area contributed by atoms with Crippen LogP contribution in [0.25, 0.3) is 0 Å². The van der Waals surface area contributed by atoms with Crippen molar-refractivity contribution in [2.75, 3.05) is 0 Å². The van der Waals surface area contributed by atoms with Gasteiger partial charge in [0.2, 0.25) is 0 Å². The molecule has 0 amide bonds. The van der Waals surface area contributed by atoms with E-state index in [0.717, 1.165) is 11.1 Å². The maximum Gasteiger partial charge on any atom is 0.253 e. The monoisotopic (exact) mass is 282 g/mol. The number of carbonyl (C=O) groups is 1. The number of aliphatic hydroxyl groups is 2. The van der Waals surface area contributed by atoms with Crippen molar-refractivity contribution in [1.29, 1.82) is 0 Å². The standard InChI is InChI=1S/C15H22O5/c1-8-9-5-6-14(4,18)12(17)11(9)19-15(8)10(16)7-13(2,3)20-15/h11-12,17-18H,5-7H2,1-4H3/t11-,12+,14-,15-/m0/s1. The van der Waals surface area contributed by atoms with E-state index in [0.29, 0.717) is 12.8 Å². The topological polar surface area (TPSA) is 76.0 Å². The van der Waals surface area contributed by atoms with E-state index in [1.165, 1.54) is 0 Å². The maximum absolute atomic E-state index is 12.4. The van der Waals surface area contributed by atoms with Gasteiger partial charge in [-0.3, -0.25) is 4.79 Å². The van der Waals surface area contributed by atoms with Gasteiger partial charge in [-0.25, -0.2) is 0 Å². The minimum Gasteiger partial charge on any atom is -0.387 e. The number of fused-ring (bicyclic) bond motifs is 1. The van der Waals surface area contributed by atoms with Crippen LogP contribution in [0.2, 0.25) is 0 Å². The molecule has 1 spiro atoms. The summed E-state index contributed by atoms with van der Waals surface area (Å²) in [6.07, 6.45) is -0.345. The van der Waals surface area contributed by atoms with Crippen LogP contribution in [-0.2, 0) is 14.3 Å². The number of aliphatic hydroxyl groups excluding tert-OH is 1. The van der Waals surface area contributed by atoms with Crippen molar-refractivity contribution in [2.24, 2.45) is 0 Å². The average molecular weight is 282 g/mol. The molecule has 2 fully saturated rings. The van der Waals surface area contributed by atoms with Crippen LogP contribution >= 0.6 is 0 Å². The minimum atomic E-state index is -1.36. The molecule has 3 aliphatic rings. The van der Waals surface area contributed by atoms with Gasteiger partial charge in [-0.05, 0) is 51.7 Å². The lowest BCUT2D eigenvalue weighted by Gasteiger charge is -2.39. The molecule has 1 saturated carbocycles. The summed E-state index contributed by atoms with van der Waals surface area (Å²) in [5.74, 6) is -1.46. The zero-order valence-electron chi connectivity index (χ0n) is 12.4. The van der Waals surface area contributed by atoms with E-state index in [1.54, 1.807) is 6.92 Å². The second kappa shape index (κ2) is 3.91. The maximum atomic E-state index is 12.4. The van der Waals surface area contributed by atoms with Crippen LogP contribution in [0.1, 0.15) is 47.0 Å². The van der Waals surface area contributed by atoms with Crippen molar-refractivity contribution in [2.45, 2.75) is 76.2 Å². The Morgan fingerprint density at radius 2 is 1.95 bits per heavy atom. The SMILES string of the molecule is CC1=C2CC[C@](C)(O)[C@H](O)[C@H]2O[C@]12OC(C)(C)CC2=O. The molecule has 2 N–H and O–H groups in total. The Morgan fingerprint density at radius 1 is 1.30 bits per heavy atom. The first-order valence-electron chi connectivity index (χ1n) is 7.11. The third-order valence-electron chi connectivity index (χ3n) is 4.81. The summed E-state index contributed by atoms with van der Waals surface area (Å²) in [5.41, 5.74) is -0.112. The van der Waals surface area contributed by atoms with Gasteiger partial charge in [-0.1, -0.05) is 0 Å². The van der Waals surface area contributed by atoms with Crippen molar-refractivity contribution < 1.29 is 24.5 Å². The summed E-state index contributed by atoms with van der Waals surface area (Å²) >= 11 is 0. The fourth-order valence-electron chi connectivity index (χ4n) is 3.57. The van der Waals surface area contributed by atoms with Gasteiger partial charge in [-0.2, -0.15) is 0 Å². The molecule has 1 saturated heterocycles. The lowest BCUT2D eigenvalue weighted by Crippen LogP contribution is -2.52. The van der Waals surface area contributed by atoms with Crippen molar-refractivity contribution in [3.05, 3.63) is 11.1 Å². The lowest BCUT2D eigenvalue weighted by atomic mass is 9.78. The first-order valence-corrected chi connectivity index (χ1v) is 7.11. The van der Waals surface area contributed by atoms with Crippen molar-refractivity contribution in [3.8, 4) is 0 Å².